The first kappa shape index (κ1) is 17.9. The summed E-state index contributed by atoms with van der Waals surface area (Å²) >= 11 is 0. The van der Waals surface area contributed by atoms with Gasteiger partial charge in [-0.2, -0.15) is 0 Å². The molecule has 2 aliphatic carbocycles. The zero-order valence-corrected chi connectivity index (χ0v) is 15.3. The van der Waals surface area contributed by atoms with Crippen molar-refractivity contribution in [1.82, 2.24) is 0 Å². The Labute approximate surface area is 145 Å². The number of rotatable bonds is 5. The molecule has 136 valence electrons. The van der Waals surface area contributed by atoms with Gasteiger partial charge in [-0.15, -0.1) is 0 Å². The summed E-state index contributed by atoms with van der Waals surface area (Å²) in [5, 5.41) is 18.4. The normalized spacial score (nSPS) is 45.1. The van der Waals surface area contributed by atoms with Crippen molar-refractivity contribution in [1.29, 1.82) is 0 Å². The van der Waals surface area contributed by atoms with Crippen LogP contribution in [0.5, 0.6) is 0 Å². The summed E-state index contributed by atoms with van der Waals surface area (Å²) in [5.41, 5.74) is 1.19. The second kappa shape index (κ2) is 6.14. The Balaban J connectivity index is 1.82. The van der Waals surface area contributed by atoms with Gasteiger partial charge in [-0.3, -0.25) is 0 Å². The number of carbonyl (C=O) groups is 1. The molecule has 0 unspecified atom stereocenters. The molecular formula is C20H32O4. The number of carboxylic acids is 1. The molecule has 0 radical (unpaired) electrons. The molecular weight excluding hydrogens is 304 g/mol. The van der Waals surface area contributed by atoms with Gasteiger partial charge in [-0.1, -0.05) is 27.2 Å². The molecule has 0 aromatic rings. The zero-order valence-electron chi connectivity index (χ0n) is 15.3. The number of hydrogen-bond acceptors (Lipinski definition) is 3. The van der Waals surface area contributed by atoms with Crippen LogP contribution in [-0.2, 0) is 9.53 Å². The molecule has 2 saturated carbocycles. The lowest BCUT2D eigenvalue weighted by molar-refractivity contribution is -0.131. The van der Waals surface area contributed by atoms with Crippen LogP contribution in [0.1, 0.15) is 65.7 Å². The molecule has 24 heavy (non-hydrogen) atoms. The fraction of sp³-hybridized carbons (Fsp3) is 0.850. The minimum atomic E-state index is -0.964. The third kappa shape index (κ3) is 2.72. The summed E-state index contributed by atoms with van der Waals surface area (Å²) in [6.07, 6.45) is 8.94. The van der Waals surface area contributed by atoms with Gasteiger partial charge in [0.1, 0.15) is 0 Å². The summed E-state index contributed by atoms with van der Waals surface area (Å²) < 4.78 is 6.01. The standard InChI is InChI=1S/C20H32O4/c1-14-6-10-19(3)16(5-4-8-20(19)13-24-20)18(14,2)9-7-15(12-21)11-17(22)23/h11,14,16,21H,4-10,12-13H2,1-3H3,(H,22,23)/t14-,16-,18+,19-,20+/m1/s1. The van der Waals surface area contributed by atoms with Gasteiger partial charge in [0.25, 0.3) is 0 Å². The van der Waals surface area contributed by atoms with E-state index in [4.69, 9.17) is 9.84 Å². The number of aliphatic carboxylic acids is 1. The van der Waals surface area contributed by atoms with E-state index in [1.807, 2.05) is 0 Å². The fourth-order valence-corrected chi connectivity index (χ4v) is 5.95. The average molecular weight is 336 g/mol. The Morgan fingerprint density at radius 2 is 2.00 bits per heavy atom. The van der Waals surface area contributed by atoms with Crippen molar-refractivity contribution in [2.24, 2.45) is 22.7 Å². The van der Waals surface area contributed by atoms with Crippen LogP contribution < -0.4 is 0 Å². The monoisotopic (exact) mass is 336 g/mol. The van der Waals surface area contributed by atoms with Crippen molar-refractivity contribution >= 4 is 5.97 Å². The minimum absolute atomic E-state index is 0.119. The van der Waals surface area contributed by atoms with Gasteiger partial charge in [0.15, 0.2) is 0 Å². The van der Waals surface area contributed by atoms with E-state index in [9.17, 15) is 9.90 Å². The largest absolute Gasteiger partial charge is 0.478 e. The van der Waals surface area contributed by atoms with Gasteiger partial charge < -0.3 is 14.9 Å². The molecule has 3 aliphatic rings. The van der Waals surface area contributed by atoms with Gasteiger partial charge >= 0.3 is 5.97 Å². The number of aliphatic hydroxyl groups is 1. The molecule has 1 aliphatic heterocycles. The van der Waals surface area contributed by atoms with E-state index in [1.165, 1.54) is 38.2 Å². The van der Waals surface area contributed by atoms with Crippen molar-refractivity contribution in [3.63, 3.8) is 0 Å². The first-order valence-electron chi connectivity index (χ1n) is 9.45. The van der Waals surface area contributed by atoms with E-state index in [0.29, 0.717) is 23.8 Å². The van der Waals surface area contributed by atoms with E-state index < -0.39 is 5.97 Å². The number of hydrogen-bond donors (Lipinski definition) is 2. The second-order valence-electron chi connectivity index (χ2n) is 8.89. The molecule has 3 rings (SSSR count). The molecule has 1 spiro atoms. The smallest absolute Gasteiger partial charge is 0.328 e. The Morgan fingerprint density at radius 3 is 2.58 bits per heavy atom. The highest BCUT2D eigenvalue weighted by atomic mass is 16.6. The molecule has 2 N–H and O–H groups in total. The lowest BCUT2D eigenvalue weighted by Gasteiger charge is -2.60. The van der Waals surface area contributed by atoms with Crippen LogP contribution in [0.25, 0.3) is 0 Å². The summed E-state index contributed by atoms with van der Waals surface area (Å²) in [7, 11) is 0. The summed E-state index contributed by atoms with van der Waals surface area (Å²) in [6, 6.07) is 0. The summed E-state index contributed by atoms with van der Waals surface area (Å²) in [6.45, 7) is 7.95. The maximum atomic E-state index is 10.9. The Morgan fingerprint density at radius 1 is 1.29 bits per heavy atom. The predicted octanol–water partition coefficient (Wildman–Crippen LogP) is 3.78. The maximum absolute atomic E-state index is 10.9. The number of fused-ring (bicyclic) bond motifs is 2. The summed E-state index contributed by atoms with van der Waals surface area (Å²) in [5.74, 6) is 0.276. The van der Waals surface area contributed by atoms with Crippen LogP contribution in [0.3, 0.4) is 0 Å². The maximum Gasteiger partial charge on any atom is 0.328 e. The number of epoxide rings is 1. The molecule has 0 amide bonds. The van der Waals surface area contributed by atoms with Crippen LogP contribution in [0.4, 0.5) is 0 Å². The minimum Gasteiger partial charge on any atom is -0.478 e. The lowest BCUT2D eigenvalue weighted by atomic mass is 9.44. The highest BCUT2D eigenvalue weighted by Crippen LogP contribution is 2.68. The van der Waals surface area contributed by atoms with E-state index >= 15 is 0 Å². The summed E-state index contributed by atoms with van der Waals surface area (Å²) in [4.78, 5) is 10.9. The van der Waals surface area contributed by atoms with Crippen LogP contribution in [0.15, 0.2) is 11.6 Å². The lowest BCUT2D eigenvalue weighted by Crippen LogP contribution is -2.56. The van der Waals surface area contributed by atoms with Crippen LogP contribution >= 0.6 is 0 Å². The average Bonchev–Trinajstić information content (AvgIpc) is 3.31. The zero-order chi connectivity index (χ0) is 17.6. The van der Waals surface area contributed by atoms with Crippen molar-refractivity contribution < 1.29 is 19.7 Å². The molecule has 0 bridgehead atoms. The van der Waals surface area contributed by atoms with Crippen molar-refractivity contribution in [3.8, 4) is 0 Å². The van der Waals surface area contributed by atoms with E-state index in [2.05, 4.69) is 20.8 Å². The van der Waals surface area contributed by atoms with Crippen LogP contribution in [-0.4, -0.2) is 35.0 Å². The third-order valence-electron chi connectivity index (χ3n) is 7.91. The Bertz CT molecular complexity index is 536. The van der Waals surface area contributed by atoms with Gasteiger partial charge in [0.2, 0.25) is 0 Å². The van der Waals surface area contributed by atoms with Gasteiger partial charge in [0.05, 0.1) is 18.8 Å². The van der Waals surface area contributed by atoms with E-state index in [1.54, 1.807) is 0 Å². The first-order valence-corrected chi connectivity index (χ1v) is 9.45. The quantitative estimate of drug-likeness (QED) is 0.592. The third-order valence-corrected chi connectivity index (χ3v) is 7.91. The molecule has 4 nitrogen and oxygen atoms in total. The highest BCUT2D eigenvalue weighted by Gasteiger charge is 2.67. The second-order valence-corrected chi connectivity index (χ2v) is 8.89. The molecule has 0 aromatic heterocycles. The fourth-order valence-electron chi connectivity index (χ4n) is 5.95. The van der Waals surface area contributed by atoms with Crippen molar-refractivity contribution in [2.75, 3.05) is 13.2 Å². The molecule has 1 heterocycles. The molecule has 1 saturated heterocycles. The SMILES string of the molecule is C[C@@H]1CC[C@]2(C)[C@H](CCC[C@]23CO3)[C@@]1(C)CCC(=CC(=O)O)CO. The van der Waals surface area contributed by atoms with Crippen LogP contribution in [0, 0.1) is 22.7 Å². The van der Waals surface area contributed by atoms with Gasteiger partial charge in [-0.05, 0) is 61.3 Å². The molecule has 3 fully saturated rings. The Kier molecular flexibility index (Phi) is 4.59. The topological polar surface area (TPSA) is 70.1 Å². The molecule has 4 heteroatoms. The van der Waals surface area contributed by atoms with Gasteiger partial charge in [0, 0.05) is 11.5 Å². The Hall–Kier alpha value is -0.870. The number of carboxylic acid groups (broad SMARTS) is 1. The van der Waals surface area contributed by atoms with Crippen molar-refractivity contribution in [2.45, 2.75) is 71.3 Å². The first-order chi connectivity index (χ1) is 11.3. The van der Waals surface area contributed by atoms with Gasteiger partial charge in [-0.25, -0.2) is 4.79 Å². The van der Waals surface area contributed by atoms with Crippen molar-refractivity contribution in [3.05, 3.63) is 11.6 Å². The predicted molar refractivity (Wildman–Crippen MR) is 92.7 cm³/mol. The molecule has 5 atom stereocenters. The highest BCUT2D eigenvalue weighted by molar-refractivity contribution is 5.80. The van der Waals surface area contributed by atoms with Crippen LogP contribution in [0.2, 0.25) is 0 Å². The van der Waals surface area contributed by atoms with E-state index in [0.717, 1.165) is 13.0 Å². The van der Waals surface area contributed by atoms with E-state index in [-0.39, 0.29) is 23.0 Å². The number of ether oxygens (including phenoxy) is 1. The molecule has 0 aromatic carbocycles. The number of aliphatic hydroxyl groups excluding tert-OH is 1.